The Bertz CT molecular complexity index is 214. The van der Waals surface area contributed by atoms with E-state index in [4.69, 9.17) is 4.74 Å². The van der Waals surface area contributed by atoms with Crippen LogP contribution in [0.3, 0.4) is 0 Å². The molecule has 0 aliphatic carbocycles. The minimum absolute atomic E-state index is 0.0892. The maximum Gasteiger partial charge on any atom is 0.144 e. The fraction of sp³-hybridized carbons (Fsp3) is 0.889. The lowest BCUT2D eigenvalue weighted by molar-refractivity contribution is 0.162. The van der Waals surface area contributed by atoms with Gasteiger partial charge in [0.25, 0.3) is 0 Å². The second kappa shape index (κ2) is 4.33. The van der Waals surface area contributed by atoms with E-state index in [1.807, 2.05) is 20.8 Å². The third-order valence-corrected chi connectivity index (χ3v) is 3.17. The molecule has 0 bridgehead atoms. The van der Waals surface area contributed by atoms with Crippen molar-refractivity contribution < 1.29 is 8.95 Å². The Balaban J connectivity index is 2.43. The zero-order chi connectivity index (χ0) is 9.90. The number of hydrogen-bond donors (Lipinski definition) is 0. The Labute approximate surface area is 82.2 Å². The summed E-state index contributed by atoms with van der Waals surface area (Å²) in [6, 6.07) is 0. The van der Waals surface area contributed by atoms with Crippen LogP contribution in [0.2, 0.25) is 0 Å². The summed E-state index contributed by atoms with van der Waals surface area (Å²) < 4.78 is 20.5. The van der Waals surface area contributed by atoms with Crippen molar-refractivity contribution in [3.63, 3.8) is 0 Å². The average Bonchev–Trinajstić information content (AvgIpc) is 2.50. The first-order valence-electron chi connectivity index (χ1n) is 4.58. The van der Waals surface area contributed by atoms with Crippen LogP contribution < -0.4 is 0 Å². The van der Waals surface area contributed by atoms with Crippen molar-refractivity contribution in [2.45, 2.75) is 44.5 Å². The van der Waals surface area contributed by atoms with Gasteiger partial charge < -0.3 is 4.74 Å². The standard InChI is InChI=1S/C9H17NO2S/c1-9(2,3)13(11)10-7-8-5-4-6-12-8/h7-8H,4-6H2,1-3H3/t8-,13?/m1/s1. The van der Waals surface area contributed by atoms with Crippen LogP contribution in [0.1, 0.15) is 33.6 Å². The van der Waals surface area contributed by atoms with Crippen molar-refractivity contribution in [1.82, 2.24) is 0 Å². The Morgan fingerprint density at radius 1 is 1.54 bits per heavy atom. The molecule has 0 aromatic carbocycles. The van der Waals surface area contributed by atoms with Crippen LogP contribution in [-0.4, -0.2) is 27.9 Å². The lowest BCUT2D eigenvalue weighted by Gasteiger charge is -2.13. The number of nitrogens with zero attached hydrogens (tertiary/aromatic N) is 1. The third kappa shape index (κ3) is 3.56. The van der Waals surface area contributed by atoms with E-state index in [2.05, 4.69) is 4.40 Å². The van der Waals surface area contributed by atoms with Crippen molar-refractivity contribution in [2.24, 2.45) is 4.40 Å². The molecule has 0 aromatic heterocycles. The molecule has 0 aromatic rings. The maximum absolute atomic E-state index is 11.5. The molecule has 13 heavy (non-hydrogen) atoms. The largest absolute Gasteiger partial charge is 0.373 e. The summed E-state index contributed by atoms with van der Waals surface area (Å²) in [5, 5.41) is 0. The minimum atomic E-state index is -1.14. The second-order valence-electron chi connectivity index (χ2n) is 4.17. The molecule has 1 heterocycles. The molecule has 1 unspecified atom stereocenters. The van der Waals surface area contributed by atoms with Gasteiger partial charge in [-0.05, 0) is 33.6 Å². The molecule has 0 amide bonds. The van der Waals surface area contributed by atoms with Crippen LogP contribution in [-0.2, 0) is 15.7 Å². The van der Waals surface area contributed by atoms with Crippen LogP contribution in [0.4, 0.5) is 0 Å². The fourth-order valence-electron chi connectivity index (χ4n) is 1.00. The topological polar surface area (TPSA) is 38.7 Å². The average molecular weight is 203 g/mol. The monoisotopic (exact) mass is 203 g/mol. The van der Waals surface area contributed by atoms with E-state index in [1.54, 1.807) is 6.21 Å². The van der Waals surface area contributed by atoms with E-state index in [0.29, 0.717) is 0 Å². The first-order chi connectivity index (χ1) is 6.00. The Hall–Kier alpha value is -0.220. The SMILES string of the molecule is CC(C)(C)S(=O)N=C[C@H]1CCCO1. The first kappa shape index (κ1) is 10.9. The molecule has 1 aliphatic heterocycles. The minimum Gasteiger partial charge on any atom is -0.373 e. The van der Waals surface area contributed by atoms with Gasteiger partial charge in [-0.3, -0.25) is 0 Å². The van der Waals surface area contributed by atoms with Gasteiger partial charge in [-0.25, -0.2) is 4.21 Å². The molecule has 1 aliphatic rings. The quantitative estimate of drug-likeness (QED) is 0.641. The molecule has 0 N–H and O–H groups in total. The summed E-state index contributed by atoms with van der Waals surface area (Å²) >= 11 is 0. The first-order valence-corrected chi connectivity index (χ1v) is 5.68. The summed E-state index contributed by atoms with van der Waals surface area (Å²) in [5.41, 5.74) is 0. The molecular weight excluding hydrogens is 186 g/mol. The van der Waals surface area contributed by atoms with E-state index in [9.17, 15) is 4.21 Å². The normalized spacial score (nSPS) is 26.8. The molecule has 76 valence electrons. The highest BCUT2D eigenvalue weighted by Gasteiger charge is 2.19. The third-order valence-electron chi connectivity index (χ3n) is 1.81. The molecule has 4 heteroatoms. The zero-order valence-corrected chi connectivity index (χ0v) is 9.26. The van der Waals surface area contributed by atoms with Crippen LogP contribution >= 0.6 is 0 Å². The lowest BCUT2D eigenvalue weighted by atomic mass is 10.3. The Morgan fingerprint density at radius 3 is 2.69 bits per heavy atom. The van der Waals surface area contributed by atoms with Crippen LogP contribution in [0.25, 0.3) is 0 Å². The van der Waals surface area contributed by atoms with Crippen molar-refractivity contribution in [3.05, 3.63) is 0 Å². The summed E-state index contributed by atoms with van der Waals surface area (Å²) in [7, 11) is -1.14. The molecule has 1 fully saturated rings. The van der Waals surface area contributed by atoms with Gasteiger partial charge in [0.1, 0.15) is 11.0 Å². The van der Waals surface area contributed by atoms with Crippen molar-refractivity contribution >= 4 is 17.2 Å². The van der Waals surface area contributed by atoms with E-state index in [0.717, 1.165) is 19.4 Å². The van der Waals surface area contributed by atoms with E-state index in [-0.39, 0.29) is 10.9 Å². The zero-order valence-electron chi connectivity index (χ0n) is 8.45. The molecule has 1 rings (SSSR count). The molecule has 0 saturated carbocycles. The van der Waals surface area contributed by atoms with Crippen molar-refractivity contribution in [1.29, 1.82) is 0 Å². The molecule has 0 radical (unpaired) electrons. The van der Waals surface area contributed by atoms with Gasteiger partial charge in [-0.2, -0.15) is 4.40 Å². The summed E-state index contributed by atoms with van der Waals surface area (Å²) in [6.45, 7) is 6.54. The van der Waals surface area contributed by atoms with E-state index in [1.165, 1.54) is 0 Å². The number of hydrogen-bond acceptors (Lipinski definition) is 2. The highest BCUT2D eigenvalue weighted by Crippen LogP contribution is 2.14. The van der Waals surface area contributed by atoms with Crippen LogP contribution in [0.5, 0.6) is 0 Å². The van der Waals surface area contributed by atoms with Gasteiger partial charge in [0.2, 0.25) is 0 Å². The predicted octanol–water partition coefficient (Wildman–Crippen LogP) is 1.70. The molecule has 3 nitrogen and oxygen atoms in total. The van der Waals surface area contributed by atoms with Gasteiger partial charge in [0.05, 0.1) is 10.9 Å². The van der Waals surface area contributed by atoms with Gasteiger partial charge in [0.15, 0.2) is 0 Å². The highest BCUT2D eigenvalue weighted by molar-refractivity contribution is 7.85. The van der Waals surface area contributed by atoms with E-state index >= 15 is 0 Å². The summed E-state index contributed by atoms with van der Waals surface area (Å²) in [4.78, 5) is 0. The van der Waals surface area contributed by atoms with Gasteiger partial charge in [-0.15, -0.1) is 0 Å². The fourth-order valence-corrected chi connectivity index (χ4v) is 1.56. The second-order valence-corrected chi connectivity index (χ2v) is 6.10. The molecule has 0 spiro atoms. The van der Waals surface area contributed by atoms with Gasteiger partial charge in [-0.1, -0.05) is 0 Å². The van der Waals surface area contributed by atoms with Crippen molar-refractivity contribution in [3.8, 4) is 0 Å². The van der Waals surface area contributed by atoms with Gasteiger partial charge >= 0.3 is 0 Å². The number of rotatable bonds is 2. The molecule has 1 saturated heterocycles. The summed E-state index contributed by atoms with van der Waals surface area (Å²) in [6.07, 6.45) is 3.87. The smallest absolute Gasteiger partial charge is 0.144 e. The molecule has 2 atom stereocenters. The van der Waals surface area contributed by atoms with E-state index < -0.39 is 11.0 Å². The lowest BCUT2D eigenvalue weighted by Crippen LogP contribution is -2.20. The maximum atomic E-state index is 11.5. The van der Waals surface area contributed by atoms with Crippen LogP contribution in [0.15, 0.2) is 4.40 Å². The Morgan fingerprint density at radius 2 is 2.23 bits per heavy atom. The number of ether oxygens (including phenoxy) is 1. The van der Waals surface area contributed by atoms with Crippen LogP contribution in [0, 0.1) is 0 Å². The summed E-state index contributed by atoms with van der Waals surface area (Å²) in [5.74, 6) is 0. The predicted molar refractivity (Wildman–Crippen MR) is 55.4 cm³/mol. The van der Waals surface area contributed by atoms with Crippen molar-refractivity contribution in [2.75, 3.05) is 6.61 Å². The van der Waals surface area contributed by atoms with Gasteiger partial charge in [0, 0.05) is 12.8 Å². The molecular formula is C9H17NO2S. The Kier molecular flexibility index (Phi) is 3.62. The highest BCUT2D eigenvalue weighted by atomic mass is 32.2.